The number of imidazole rings is 1. The number of piperidine rings is 1. The van der Waals surface area contributed by atoms with Crippen molar-refractivity contribution in [3.8, 4) is 0 Å². The van der Waals surface area contributed by atoms with Crippen molar-refractivity contribution in [3.63, 3.8) is 0 Å². The summed E-state index contributed by atoms with van der Waals surface area (Å²) in [7, 11) is 0. The lowest BCUT2D eigenvalue weighted by Crippen LogP contribution is -2.38. The average molecular weight is 401 g/mol. The van der Waals surface area contributed by atoms with Gasteiger partial charge in [0.2, 0.25) is 5.95 Å². The molecule has 0 radical (unpaired) electrons. The van der Waals surface area contributed by atoms with E-state index in [-0.39, 0.29) is 0 Å². The third kappa shape index (κ3) is 4.20. The van der Waals surface area contributed by atoms with Crippen LogP contribution < -0.4 is 10.6 Å². The summed E-state index contributed by atoms with van der Waals surface area (Å²) in [6.07, 6.45) is 8.63. The average Bonchev–Trinajstić information content (AvgIpc) is 3.26. The van der Waals surface area contributed by atoms with Crippen LogP contribution in [0.3, 0.4) is 0 Å². The molecule has 3 aromatic heterocycles. The van der Waals surface area contributed by atoms with Gasteiger partial charge in [-0.3, -0.25) is 9.88 Å². The van der Waals surface area contributed by atoms with E-state index in [1.165, 1.54) is 5.56 Å². The maximum Gasteiger partial charge on any atom is 0.232 e. The zero-order valence-corrected chi connectivity index (χ0v) is 16.5. The summed E-state index contributed by atoms with van der Waals surface area (Å²) >= 11 is 0. The minimum Gasteiger partial charge on any atom is -0.365 e. The minimum absolute atomic E-state index is 0.350. The van der Waals surface area contributed by atoms with E-state index in [0.29, 0.717) is 23.5 Å². The Hall–Kier alpha value is -3.59. The van der Waals surface area contributed by atoms with E-state index < -0.39 is 0 Å². The van der Waals surface area contributed by atoms with Crippen molar-refractivity contribution in [1.82, 2.24) is 34.8 Å². The predicted octanol–water partition coefficient (Wildman–Crippen LogP) is 2.96. The maximum atomic E-state index is 4.66. The first-order valence-corrected chi connectivity index (χ1v) is 10.1. The van der Waals surface area contributed by atoms with Gasteiger partial charge in [0.25, 0.3) is 0 Å². The Morgan fingerprint density at radius 3 is 2.70 bits per heavy atom. The van der Waals surface area contributed by atoms with Gasteiger partial charge in [-0.05, 0) is 18.4 Å². The Morgan fingerprint density at radius 1 is 1.03 bits per heavy atom. The van der Waals surface area contributed by atoms with Gasteiger partial charge < -0.3 is 15.6 Å². The molecule has 3 N–H and O–H groups in total. The fourth-order valence-corrected chi connectivity index (χ4v) is 3.74. The van der Waals surface area contributed by atoms with Crippen LogP contribution in [0.15, 0.2) is 55.2 Å². The Labute approximate surface area is 174 Å². The van der Waals surface area contributed by atoms with Crippen LogP contribution in [0.1, 0.15) is 18.4 Å². The molecule has 4 heterocycles. The van der Waals surface area contributed by atoms with Gasteiger partial charge in [-0.2, -0.15) is 9.97 Å². The molecule has 1 fully saturated rings. The Bertz CT molecular complexity index is 1090. The van der Waals surface area contributed by atoms with E-state index in [9.17, 15) is 0 Å². The molecular weight excluding hydrogens is 378 g/mol. The Kier molecular flexibility index (Phi) is 5.17. The first-order chi connectivity index (χ1) is 14.8. The fraction of sp³-hybridized carbons (Fsp3) is 0.286. The van der Waals surface area contributed by atoms with E-state index in [0.717, 1.165) is 43.8 Å². The summed E-state index contributed by atoms with van der Waals surface area (Å²) in [4.78, 5) is 27.4. The minimum atomic E-state index is 0.350. The van der Waals surface area contributed by atoms with Crippen molar-refractivity contribution >= 4 is 28.7 Å². The number of aromatic nitrogens is 6. The number of fused-ring (bicyclic) bond motifs is 1. The number of nitrogens with zero attached hydrogens (tertiary/aromatic N) is 6. The van der Waals surface area contributed by atoms with Gasteiger partial charge in [-0.15, -0.1) is 0 Å². The Morgan fingerprint density at radius 2 is 1.90 bits per heavy atom. The van der Waals surface area contributed by atoms with Gasteiger partial charge in [0.05, 0.1) is 12.5 Å². The van der Waals surface area contributed by atoms with Crippen molar-refractivity contribution in [3.05, 3.63) is 60.8 Å². The van der Waals surface area contributed by atoms with E-state index in [1.54, 1.807) is 24.9 Å². The molecule has 0 atom stereocenters. The first-order valence-electron chi connectivity index (χ1n) is 10.1. The predicted molar refractivity (Wildman–Crippen MR) is 115 cm³/mol. The summed E-state index contributed by atoms with van der Waals surface area (Å²) in [6.45, 7) is 3.10. The number of anilines is 3. The molecule has 0 saturated carbocycles. The highest BCUT2D eigenvalue weighted by Gasteiger charge is 2.21. The molecule has 0 unspecified atom stereocenters. The van der Waals surface area contributed by atoms with Crippen molar-refractivity contribution < 1.29 is 0 Å². The number of H-pyrrole nitrogens is 1. The lowest BCUT2D eigenvalue weighted by Gasteiger charge is -2.32. The van der Waals surface area contributed by atoms with Crippen molar-refractivity contribution in [2.75, 3.05) is 23.7 Å². The van der Waals surface area contributed by atoms with Gasteiger partial charge in [-0.25, -0.2) is 9.97 Å². The standard InChI is InChI=1S/C21H23N9/c1-2-4-15(5-3-1)13-30-10-6-16(7-11-30)26-20-18-19(25-14-24-18)28-21(29-20)27-17-12-22-8-9-23-17/h1-5,8-9,12,14,16H,6-7,10-11,13H2,(H3,23,24,25,26,27,28,29). The van der Waals surface area contributed by atoms with E-state index in [1.807, 2.05) is 0 Å². The normalized spacial score (nSPS) is 15.3. The van der Waals surface area contributed by atoms with Crippen LogP contribution in [-0.2, 0) is 6.54 Å². The highest BCUT2D eigenvalue weighted by Crippen LogP contribution is 2.23. The summed E-state index contributed by atoms with van der Waals surface area (Å²) in [5.41, 5.74) is 2.78. The second kappa shape index (κ2) is 8.42. The van der Waals surface area contributed by atoms with E-state index >= 15 is 0 Å². The quantitative estimate of drug-likeness (QED) is 0.453. The van der Waals surface area contributed by atoms with Crippen LogP contribution in [0.5, 0.6) is 0 Å². The number of benzene rings is 1. The zero-order valence-electron chi connectivity index (χ0n) is 16.5. The lowest BCUT2D eigenvalue weighted by atomic mass is 10.0. The highest BCUT2D eigenvalue weighted by atomic mass is 15.2. The summed E-state index contributed by atoms with van der Waals surface area (Å²) in [5, 5.41) is 6.70. The molecule has 152 valence electrons. The number of nitrogens with one attached hydrogen (secondary N) is 3. The maximum absolute atomic E-state index is 4.66. The van der Waals surface area contributed by atoms with Gasteiger partial charge in [0.1, 0.15) is 5.52 Å². The second-order valence-electron chi connectivity index (χ2n) is 7.39. The lowest BCUT2D eigenvalue weighted by molar-refractivity contribution is 0.211. The molecule has 4 aromatic rings. The summed E-state index contributed by atoms with van der Waals surface area (Å²) in [6, 6.07) is 11.0. The Balaban J connectivity index is 1.27. The van der Waals surface area contributed by atoms with Crippen LogP contribution >= 0.6 is 0 Å². The molecule has 5 rings (SSSR count). The van der Waals surface area contributed by atoms with Crippen molar-refractivity contribution in [2.45, 2.75) is 25.4 Å². The summed E-state index contributed by atoms with van der Waals surface area (Å²) in [5.74, 6) is 1.79. The SMILES string of the molecule is c1ccc(CN2CCC(Nc3nc(Nc4cnccn4)nc4nc[nH]c34)CC2)cc1. The molecular formula is C21H23N9. The van der Waals surface area contributed by atoms with Crippen molar-refractivity contribution in [1.29, 1.82) is 0 Å². The monoisotopic (exact) mass is 401 g/mol. The fourth-order valence-electron chi connectivity index (χ4n) is 3.74. The van der Waals surface area contributed by atoms with Crippen LogP contribution in [0.4, 0.5) is 17.6 Å². The second-order valence-corrected chi connectivity index (χ2v) is 7.39. The van der Waals surface area contributed by atoms with E-state index in [2.05, 4.69) is 75.8 Å². The van der Waals surface area contributed by atoms with Gasteiger partial charge in [0.15, 0.2) is 17.3 Å². The molecule has 0 aliphatic carbocycles. The number of hydrogen-bond donors (Lipinski definition) is 3. The molecule has 1 aliphatic rings. The van der Waals surface area contributed by atoms with Gasteiger partial charge in [-0.1, -0.05) is 30.3 Å². The third-order valence-corrected chi connectivity index (χ3v) is 5.27. The number of likely N-dealkylation sites (tertiary alicyclic amines) is 1. The topological polar surface area (TPSA) is 108 Å². The molecule has 0 bridgehead atoms. The number of aromatic amines is 1. The van der Waals surface area contributed by atoms with Gasteiger partial charge >= 0.3 is 0 Å². The molecule has 1 aromatic carbocycles. The molecule has 9 heteroatoms. The van der Waals surface area contributed by atoms with Gasteiger partial charge in [0, 0.05) is 38.1 Å². The van der Waals surface area contributed by atoms with Crippen LogP contribution in [-0.4, -0.2) is 53.9 Å². The highest BCUT2D eigenvalue weighted by molar-refractivity contribution is 5.84. The molecule has 30 heavy (non-hydrogen) atoms. The first kappa shape index (κ1) is 18.4. The molecule has 1 saturated heterocycles. The molecule has 0 spiro atoms. The van der Waals surface area contributed by atoms with Crippen LogP contribution in [0.2, 0.25) is 0 Å². The number of hydrogen-bond acceptors (Lipinski definition) is 8. The molecule has 1 aliphatic heterocycles. The largest absolute Gasteiger partial charge is 0.365 e. The van der Waals surface area contributed by atoms with Crippen LogP contribution in [0.25, 0.3) is 11.2 Å². The van der Waals surface area contributed by atoms with Crippen molar-refractivity contribution in [2.24, 2.45) is 0 Å². The molecule has 0 amide bonds. The summed E-state index contributed by atoms with van der Waals surface area (Å²) < 4.78 is 0. The van der Waals surface area contributed by atoms with E-state index in [4.69, 9.17) is 0 Å². The zero-order chi connectivity index (χ0) is 20.2. The molecule has 9 nitrogen and oxygen atoms in total. The van der Waals surface area contributed by atoms with Crippen LogP contribution in [0, 0.1) is 0 Å². The smallest absolute Gasteiger partial charge is 0.232 e. The third-order valence-electron chi connectivity index (χ3n) is 5.27. The number of rotatable bonds is 6.